The molecular weight excluding hydrogens is 258 g/mol. The van der Waals surface area contributed by atoms with Crippen LogP contribution in [0, 0.1) is 5.92 Å². The monoisotopic (exact) mass is 285 g/mol. The average Bonchev–Trinajstić information content (AvgIpc) is 2.38. The normalized spacial score (nSPS) is 23.1. The van der Waals surface area contributed by atoms with Crippen molar-refractivity contribution in [3.05, 3.63) is 0 Å². The van der Waals surface area contributed by atoms with Crippen LogP contribution in [-0.4, -0.2) is 56.2 Å². The van der Waals surface area contributed by atoms with Crippen LogP contribution in [0.15, 0.2) is 0 Å². The number of methoxy groups -OCH3 is 1. The molecule has 6 nitrogen and oxygen atoms in total. The molecule has 116 valence electrons. The maximum atomic E-state index is 11.3. The highest BCUT2D eigenvalue weighted by Gasteiger charge is 2.27. The molecule has 1 rings (SSSR count). The number of carbonyl (C=O) groups is 2. The van der Waals surface area contributed by atoms with E-state index < -0.39 is 0 Å². The minimum atomic E-state index is -0.367. The first kappa shape index (κ1) is 16.8. The van der Waals surface area contributed by atoms with Crippen LogP contribution in [0.3, 0.4) is 0 Å². The van der Waals surface area contributed by atoms with Gasteiger partial charge in [-0.05, 0) is 18.8 Å². The average molecular weight is 285 g/mol. The van der Waals surface area contributed by atoms with Crippen molar-refractivity contribution in [2.45, 2.75) is 39.2 Å². The van der Waals surface area contributed by atoms with Crippen molar-refractivity contribution in [2.75, 3.05) is 33.3 Å². The van der Waals surface area contributed by atoms with Gasteiger partial charge < -0.3 is 15.4 Å². The summed E-state index contributed by atoms with van der Waals surface area (Å²) in [4.78, 5) is 24.5. The maximum absolute atomic E-state index is 11.3. The number of hydrogen-bond acceptors (Lipinski definition) is 4. The topological polar surface area (TPSA) is 70.7 Å². The minimum absolute atomic E-state index is 0.00338. The van der Waals surface area contributed by atoms with Crippen LogP contribution in [0.4, 0.5) is 4.79 Å². The van der Waals surface area contributed by atoms with Gasteiger partial charge in [0.15, 0.2) is 0 Å². The van der Waals surface area contributed by atoms with Crippen LogP contribution < -0.4 is 10.6 Å². The van der Waals surface area contributed by atoms with E-state index in [0.717, 1.165) is 38.9 Å². The molecule has 0 aromatic heterocycles. The Labute approximate surface area is 121 Å². The third kappa shape index (κ3) is 6.23. The summed E-state index contributed by atoms with van der Waals surface area (Å²) in [7, 11) is 1.39. The number of rotatable bonds is 6. The molecule has 0 radical (unpaired) electrons. The molecular formula is C14H27N3O3. The highest BCUT2D eigenvalue weighted by molar-refractivity contribution is 5.72. The first-order valence-electron chi connectivity index (χ1n) is 7.36. The number of amides is 2. The van der Waals surface area contributed by atoms with Gasteiger partial charge in [0.25, 0.3) is 0 Å². The molecule has 0 bridgehead atoms. The Bertz CT molecular complexity index is 323. The molecule has 0 saturated carbocycles. The Kier molecular flexibility index (Phi) is 7.36. The molecule has 2 amide bonds. The predicted octanol–water partition coefficient (Wildman–Crippen LogP) is 0.969. The van der Waals surface area contributed by atoms with Gasteiger partial charge in [0.05, 0.1) is 7.11 Å². The zero-order valence-corrected chi connectivity index (χ0v) is 12.8. The lowest BCUT2D eigenvalue weighted by Gasteiger charge is -2.37. The lowest BCUT2D eigenvalue weighted by atomic mass is 9.90. The molecule has 0 aromatic carbocycles. The summed E-state index contributed by atoms with van der Waals surface area (Å²) < 4.78 is 4.67. The second kappa shape index (κ2) is 8.79. The van der Waals surface area contributed by atoms with Crippen LogP contribution in [0.25, 0.3) is 0 Å². The number of piperidine rings is 1. The third-order valence-electron chi connectivity index (χ3n) is 3.62. The van der Waals surface area contributed by atoms with Gasteiger partial charge in [-0.3, -0.25) is 9.69 Å². The van der Waals surface area contributed by atoms with Crippen molar-refractivity contribution >= 4 is 12.0 Å². The van der Waals surface area contributed by atoms with E-state index in [1.165, 1.54) is 14.0 Å². The zero-order chi connectivity index (χ0) is 15.0. The SMILES string of the molecule is CCCC1CC(NC(=O)OC)CN(CCNC(C)=O)C1. The van der Waals surface area contributed by atoms with Gasteiger partial charge in [-0.25, -0.2) is 4.79 Å². The van der Waals surface area contributed by atoms with Gasteiger partial charge >= 0.3 is 6.09 Å². The predicted molar refractivity (Wildman–Crippen MR) is 77.5 cm³/mol. The van der Waals surface area contributed by atoms with Crippen molar-refractivity contribution in [2.24, 2.45) is 5.92 Å². The summed E-state index contributed by atoms with van der Waals surface area (Å²) in [5, 5.41) is 5.71. The molecule has 6 heteroatoms. The van der Waals surface area contributed by atoms with E-state index in [9.17, 15) is 9.59 Å². The van der Waals surface area contributed by atoms with Crippen LogP contribution in [-0.2, 0) is 9.53 Å². The van der Waals surface area contributed by atoms with E-state index in [-0.39, 0.29) is 18.0 Å². The molecule has 1 heterocycles. The van der Waals surface area contributed by atoms with Crippen molar-refractivity contribution < 1.29 is 14.3 Å². The highest BCUT2D eigenvalue weighted by atomic mass is 16.5. The number of alkyl carbamates (subject to hydrolysis) is 1. The number of carbonyl (C=O) groups excluding carboxylic acids is 2. The third-order valence-corrected chi connectivity index (χ3v) is 3.62. The Morgan fingerprint density at radius 3 is 2.70 bits per heavy atom. The fraction of sp³-hybridized carbons (Fsp3) is 0.857. The van der Waals surface area contributed by atoms with E-state index in [4.69, 9.17) is 0 Å². The van der Waals surface area contributed by atoms with Crippen LogP contribution in [0.5, 0.6) is 0 Å². The van der Waals surface area contributed by atoms with Gasteiger partial charge in [-0.15, -0.1) is 0 Å². The summed E-state index contributed by atoms with van der Waals surface area (Å²) in [6.07, 6.45) is 2.94. The Balaban J connectivity index is 2.46. The van der Waals surface area contributed by atoms with Crippen molar-refractivity contribution in [1.29, 1.82) is 0 Å². The fourth-order valence-electron chi connectivity index (χ4n) is 2.82. The molecule has 0 aliphatic carbocycles. The van der Waals surface area contributed by atoms with E-state index in [0.29, 0.717) is 12.5 Å². The Morgan fingerprint density at radius 2 is 2.10 bits per heavy atom. The summed E-state index contributed by atoms with van der Waals surface area (Å²) in [5.74, 6) is 0.588. The lowest BCUT2D eigenvalue weighted by Crippen LogP contribution is -2.52. The molecule has 1 saturated heterocycles. The quantitative estimate of drug-likeness (QED) is 0.763. The number of nitrogens with one attached hydrogen (secondary N) is 2. The first-order chi connectivity index (χ1) is 9.55. The van der Waals surface area contributed by atoms with Gasteiger partial charge in [-0.1, -0.05) is 13.3 Å². The standard InChI is InChI=1S/C14H27N3O3/c1-4-5-12-8-13(16-14(19)20-3)10-17(9-12)7-6-15-11(2)18/h12-13H,4-10H2,1-3H3,(H,15,18)(H,16,19). The van der Waals surface area contributed by atoms with Crippen molar-refractivity contribution in [1.82, 2.24) is 15.5 Å². The van der Waals surface area contributed by atoms with Gasteiger partial charge in [0, 0.05) is 39.1 Å². The summed E-state index contributed by atoms with van der Waals surface area (Å²) >= 11 is 0. The van der Waals surface area contributed by atoms with E-state index in [2.05, 4.69) is 27.2 Å². The number of likely N-dealkylation sites (tertiary alicyclic amines) is 1. The smallest absolute Gasteiger partial charge is 0.407 e. The van der Waals surface area contributed by atoms with Crippen LogP contribution in [0.2, 0.25) is 0 Å². The van der Waals surface area contributed by atoms with Gasteiger partial charge in [0.2, 0.25) is 5.91 Å². The summed E-state index contributed by atoms with van der Waals surface area (Å²) in [6.45, 7) is 7.02. The number of nitrogens with zero attached hydrogens (tertiary/aromatic N) is 1. The van der Waals surface area contributed by atoms with Gasteiger partial charge in [0.1, 0.15) is 0 Å². The molecule has 0 aromatic rings. The van der Waals surface area contributed by atoms with Crippen molar-refractivity contribution in [3.63, 3.8) is 0 Å². The van der Waals surface area contributed by atoms with Crippen molar-refractivity contribution in [3.8, 4) is 0 Å². The first-order valence-corrected chi connectivity index (χ1v) is 7.36. The molecule has 2 atom stereocenters. The largest absolute Gasteiger partial charge is 0.453 e. The fourth-order valence-corrected chi connectivity index (χ4v) is 2.82. The van der Waals surface area contributed by atoms with Crippen LogP contribution >= 0.6 is 0 Å². The molecule has 1 fully saturated rings. The van der Waals surface area contributed by atoms with Gasteiger partial charge in [-0.2, -0.15) is 0 Å². The molecule has 20 heavy (non-hydrogen) atoms. The van der Waals surface area contributed by atoms with E-state index in [1.807, 2.05) is 0 Å². The second-order valence-corrected chi connectivity index (χ2v) is 5.47. The second-order valence-electron chi connectivity index (χ2n) is 5.47. The molecule has 2 N–H and O–H groups in total. The summed E-state index contributed by atoms with van der Waals surface area (Å²) in [5.41, 5.74) is 0. The molecule has 2 unspecified atom stereocenters. The maximum Gasteiger partial charge on any atom is 0.407 e. The molecule has 1 aliphatic heterocycles. The zero-order valence-electron chi connectivity index (χ0n) is 12.8. The lowest BCUT2D eigenvalue weighted by molar-refractivity contribution is -0.119. The highest BCUT2D eigenvalue weighted by Crippen LogP contribution is 2.21. The van der Waals surface area contributed by atoms with E-state index in [1.54, 1.807) is 0 Å². The van der Waals surface area contributed by atoms with E-state index >= 15 is 0 Å². The molecule has 0 spiro atoms. The van der Waals surface area contributed by atoms with Crippen LogP contribution in [0.1, 0.15) is 33.1 Å². The number of ether oxygens (including phenoxy) is 1. The Morgan fingerprint density at radius 1 is 1.35 bits per heavy atom. The minimum Gasteiger partial charge on any atom is -0.453 e. The summed E-state index contributed by atoms with van der Waals surface area (Å²) in [6, 6.07) is 0.130. The number of hydrogen-bond donors (Lipinski definition) is 2. The Hall–Kier alpha value is -1.30. The molecule has 1 aliphatic rings.